The van der Waals surface area contributed by atoms with Gasteiger partial charge >= 0.3 is 6.18 Å². The molecule has 0 bridgehead atoms. The molecular formula is C11H13F4N. The van der Waals surface area contributed by atoms with Crippen LogP contribution in [-0.4, -0.2) is 13.1 Å². The lowest BCUT2D eigenvalue weighted by molar-refractivity contribution is -0.137. The van der Waals surface area contributed by atoms with E-state index < -0.39 is 17.6 Å². The maximum atomic E-state index is 12.9. The standard InChI is InChI=1S/C11H13F4N/c1-2-16-4-3-8-5-9(11(13,14)15)7-10(12)6-8/h5-7,16H,2-4H2,1H3. The molecule has 1 nitrogen and oxygen atoms in total. The van der Waals surface area contributed by atoms with Crippen LogP contribution in [0.1, 0.15) is 18.1 Å². The molecular weight excluding hydrogens is 222 g/mol. The minimum Gasteiger partial charge on any atom is -0.317 e. The highest BCUT2D eigenvalue weighted by molar-refractivity contribution is 5.27. The molecule has 0 saturated heterocycles. The Morgan fingerprint density at radius 2 is 1.88 bits per heavy atom. The molecule has 0 saturated carbocycles. The molecule has 0 unspecified atom stereocenters. The van der Waals surface area contributed by atoms with Crippen LogP contribution in [0.5, 0.6) is 0 Å². The number of hydrogen-bond acceptors (Lipinski definition) is 1. The predicted molar refractivity (Wildman–Crippen MR) is 53.6 cm³/mol. The van der Waals surface area contributed by atoms with Crippen LogP contribution in [0.4, 0.5) is 17.6 Å². The lowest BCUT2D eigenvalue weighted by atomic mass is 10.1. The van der Waals surface area contributed by atoms with E-state index in [1.807, 2.05) is 6.92 Å². The Balaban J connectivity index is 2.82. The summed E-state index contributed by atoms with van der Waals surface area (Å²) in [5, 5.41) is 2.97. The van der Waals surface area contributed by atoms with Crippen molar-refractivity contribution in [1.29, 1.82) is 0 Å². The van der Waals surface area contributed by atoms with Crippen LogP contribution in [0.3, 0.4) is 0 Å². The Morgan fingerprint density at radius 1 is 1.19 bits per heavy atom. The number of benzene rings is 1. The monoisotopic (exact) mass is 235 g/mol. The number of halogens is 4. The molecule has 0 aromatic heterocycles. The number of nitrogens with one attached hydrogen (secondary N) is 1. The molecule has 0 atom stereocenters. The summed E-state index contributed by atoms with van der Waals surface area (Å²) in [6.45, 7) is 3.17. The Labute approximate surface area is 91.5 Å². The smallest absolute Gasteiger partial charge is 0.317 e. The van der Waals surface area contributed by atoms with Gasteiger partial charge in [-0.2, -0.15) is 13.2 Å². The fraction of sp³-hybridized carbons (Fsp3) is 0.455. The summed E-state index contributed by atoms with van der Waals surface area (Å²) < 4.78 is 50.0. The zero-order valence-corrected chi connectivity index (χ0v) is 8.87. The van der Waals surface area contributed by atoms with E-state index in [2.05, 4.69) is 5.32 Å². The third-order valence-electron chi connectivity index (χ3n) is 2.13. The summed E-state index contributed by atoms with van der Waals surface area (Å²) in [5.41, 5.74) is -0.577. The SMILES string of the molecule is CCNCCc1cc(F)cc(C(F)(F)F)c1. The van der Waals surface area contributed by atoms with E-state index in [1.54, 1.807) is 0 Å². The maximum Gasteiger partial charge on any atom is 0.416 e. The van der Waals surface area contributed by atoms with Gasteiger partial charge in [0.05, 0.1) is 5.56 Å². The molecule has 0 spiro atoms. The van der Waals surface area contributed by atoms with E-state index in [0.29, 0.717) is 24.6 Å². The first kappa shape index (κ1) is 13.0. The summed E-state index contributed by atoms with van der Waals surface area (Å²) in [7, 11) is 0. The van der Waals surface area contributed by atoms with Gasteiger partial charge < -0.3 is 5.32 Å². The number of likely N-dealkylation sites (N-methyl/N-ethyl adjacent to an activating group) is 1. The molecule has 16 heavy (non-hydrogen) atoms. The van der Waals surface area contributed by atoms with Crippen molar-refractivity contribution in [2.24, 2.45) is 0 Å². The second-order valence-electron chi connectivity index (χ2n) is 3.45. The molecule has 0 aliphatic rings. The van der Waals surface area contributed by atoms with Gasteiger partial charge in [0.1, 0.15) is 5.82 Å². The zero-order chi connectivity index (χ0) is 12.2. The van der Waals surface area contributed by atoms with Crippen LogP contribution < -0.4 is 5.32 Å². The topological polar surface area (TPSA) is 12.0 Å². The molecule has 90 valence electrons. The van der Waals surface area contributed by atoms with Crippen LogP contribution in [0.15, 0.2) is 18.2 Å². The van der Waals surface area contributed by atoms with Gasteiger partial charge in [-0.1, -0.05) is 6.92 Å². The third kappa shape index (κ3) is 3.81. The van der Waals surface area contributed by atoms with Crippen molar-refractivity contribution in [2.45, 2.75) is 19.5 Å². The summed E-state index contributed by atoms with van der Waals surface area (Å²) in [5.74, 6) is -0.846. The minimum absolute atomic E-state index is 0.355. The molecule has 1 aromatic carbocycles. The van der Waals surface area contributed by atoms with E-state index in [1.165, 1.54) is 0 Å². The van der Waals surface area contributed by atoms with E-state index in [4.69, 9.17) is 0 Å². The highest BCUT2D eigenvalue weighted by Gasteiger charge is 2.31. The molecule has 5 heteroatoms. The van der Waals surface area contributed by atoms with Gasteiger partial charge in [-0.25, -0.2) is 4.39 Å². The fourth-order valence-electron chi connectivity index (χ4n) is 1.37. The van der Waals surface area contributed by atoms with E-state index in [0.717, 1.165) is 18.7 Å². The van der Waals surface area contributed by atoms with E-state index in [9.17, 15) is 17.6 Å². The van der Waals surface area contributed by atoms with Crippen molar-refractivity contribution in [3.05, 3.63) is 35.1 Å². The van der Waals surface area contributed by atoms with Gasteiger partial charge in [-0.3, -0.25) is 0 Å². The van der Waals surface area contributed by atoms with Crippen molar-refractivity contribution >= 4 is 0 Å². The average Bonchev–Trinajstić information content (AvgIpc) is 2.16. The lowest BCUT2D eigenvalue weighted by Crippen LogP contribution is -2.16. The molecule has 1 aromatic rings. The molecule has 0 amide bonds. The number of alkyl halides is 3. The molecule has 0 heterocycles. The first-order valence-electron chi connectivity index (χ1n) is 5.01. The molecule has 1 rings (SSSR count). The molecule has 0 fully saturated rings. The van der Waals surface area contributed by atoms with E-state index in [-0.39, 0.29) is 0 Å². The highest BCUT2D eigenvalue weighted by Crippen LogP contribution is 2.30. The summed E-state index contributed by atoms with van der Waals surface area (Å²) in [6.07, 6.45) is -4.11. The highest BCUT2D eigenvalue weighted by atomic mass is 19.4. The van der Waals surface area contributed by atoms with Crippen molar-refractivity contribution in [3.63, 3.8) is 0 Å². The zero-order valence-electron chi connectivity index (χ0n) is 8.87. The van der Waals surface area contributed by atoms with Crippen LogP contribution in [0.2, 0.25) is 0 Å². The lowest BCUT2D eigenvalue weighted by Gasteiger charge is -2.09. The van der Waals surface area contributed by atoms with E-state index >= 15 is 0 Å². The average molecular weight is 235 g/mol. The Kier molecular flexibility index (Phi) is 4.29. The number of hydrogen-bond donors (Lipinski definition) is 1. The van der Waals surface area contributed by atoms with Gasteiger partial charge in [-0.05, 0) is 43.3 Å². The summed E-state index contributed by atoms with van der Waals surface area (Å²) in [4.78, 5) is 0. The number of rotatable bonds is 4. The summed E-state index contributed by atoms with van der Waals surface area (Å²) in [6, 6.07) is 2.63. The van der Waals surface area contributed by atoms with Crippen molar-refractivity contribution < 1.29 is 17.6 Å². The normalized spacial score (nSPS) is 11.8. The van der Waals surface area contributed by atoms with Gasteiger partial charge in [0.25, 0.3) is 0 Å². The Hall–Kier alpha value is -1.10. The second kappa shape index (κ2) is 5.30. The van der Waals surface area contributed by atoms with Gasteiger partial charge in [0, 0.05) is 0 Å². The first-order valence-corrected chi connectivity index (χ1v) is 5.01. The minimum atomic E-state index is -4.49. The maximum absolute atomic E-state index is 12.9. The van der Waals surface area contributed by atoms with Crippen LogP contribution in [-0.2, 0) is 12.6 Å². The predicted octanol–water partition coefficient (Wildman–Crippen LogP) is 3.00. The molecule has 0 aliphatic heterocycles. The Bertz CT molecular complexity index is 346. The van der Waals surface area contributed by atoms with Crippen molar-refractivity contribution in [2.75, 3.05) is 13.1 Å². The Morgan fingerprint density at radius 3 is 2.44 bits per heavy atom. The first-order chi connectivity index (χ1) is 7.43. The third-order valence-corrected chi connectivity index (χ3v) is 2.13. The van der Waals surface area contributed by atoms with Crippen LogP contribution >= 0.6 is 0 Å². The van der Waals surface area contributed by atoms with Crippen molar-refractivity contribution in [1.82, 2.24) is 5.32 Å². The van der Waals surface area contributed by atoms with Crippen molar-refractivity contribution in [3.8, 4) is 0 Å². The quantitative estimate of drug-likeness (QED) is 0.625. The second-order valence-corrected chi connectivity index (χ2v) is 3.45. The van der Waals surface area contributed by atoms with Gasteiger partial charge in [0.15, 0.2) is 0 Å². The summed E-state index contributed by atoms with van der Waals surface area (Å²) >= 11 is 0. The van der Waals surface area contributed by atoms with Crippen LogP contribution in [0.25, 0.3) is 0 Å². The van der Waals surface area contributed by atoms with Crippen LogP contribution in [0, 0.1) is 5.82 Å². The largest absolute Gasteiger partial charge is 0.416 e. The molecule has 0 aliphatic carbocycles. The van der Waals surface area contributed by atoms with Gasteiger partial charge in [-0.15, -0.1) is 0 Å². The molecule has 1 N–H and O–H groups in total. The fourth-order valence-corrected chi connectivity index (χ4v) is 1.37. The van der Waals surface area contributed by atoms with Gasteiger partial charge in [0.2, 0.25) is 0 Å². The molecule has 0 radical (unpaired) electrons.